The van der Waals surface area contributed by atoms with Gasteiger partial charge < -0.3 is 10.2 Å². The first-order valence-electron chi connectivity index (χ1n) is 19.5. The number of alkyl halides is 6. The van der Waals surface area contributed by atoms with Crippen LogP contribution in [0.5, 0.6) is 11.5 Å². The lowest BCUT2D eigenvalue weighted by Gasteiger charge is -2.28. The van der Waals surface area contributed by atoms with Crippen molar-refractivity contribution in [2.45, 2.75) is 151 Å². The summed E-state index contributed by atoms with van der Waals surface area (Å²) in [5.41, 5.74) is -13.7. The molecule has 328 valence electrons. The van der Waals surface area contributed by atoms with E-state index < -0.39 is 99.3 Å². The van der Waals surface area contributed by atoms with Crippen LogP contribution in [-0.4, -0.2) is 38.1 Å². The molecule has 0 fully saturated rings. The van der Waals surface area contributed by atoms with Crippen LogP contribution in [0.3, 0.4) is 0 Å². The fraction of sp³-hybridized carbons (Fsp3) is 0.478. The summed E-state index contributed by atoms with van der Waals surface area (Å²) in [6.07, 6.45) is -2.26. The zero-order valence-electron chi connectivity index (χ0n) is 36.1. The van der Waals surface area contributed by atoms with Crippen molar-refractivity contribution >= 4 is 19.7 Å². The molecule has 0 heterocycles. The van der Waals surface area contributed by atoms with Gasteiger partial charge in [-0.1, -0.05) is 132 Å². The van der Waals surface area contributed by atoms with Gasteiger partial charge in [0.25, 0.3) is 19.7 Å². The number of rotatable bonds is 2. The Kier molecular flexibility index (Phi) is 11.6. The molecular formula is C46H54F6O6S2. The fourth-order valence-corrected chi connectivity index (χ4v) is 9.94. The van der Waals surface area contributed by atoms with Crippen molar-refractivity contribution in [1.29, 1.82) is 0 Å². The molecule has 0 amide bonds. The number of hydrogen-bond donors (Lipinski definition) is 2. The Labute approximate surface area is 349 Å². The largest absolute Gasteiger partial charge is 0.507 e. The van der Waals surface area contributed by atoms with Crippen LogP contribution in [0.15, 0.2) is 58.3 Å². The summed E-state index contributed by atoms with van der Waals surface area (Å²) >= 11 is 0. The van der Waals surface area contributed by atoms with Crippen LogP contribution >= 0.6 is 0 Å². The molecule has 4 aromatic carbocycles. The third-order valence-electron chi connectivity index (χ3n) is 11.2. The van der Waals surface area contributed by atoms with E-state index in [1.165, 1.54) is 48.5 Å². The number of benzene rings is 4. The monoisotopic (exact) mass is 880 g/mol. The second-order valence-corrected chi connectivity index (χ2v) is 23.9. The molecule has 5 rings (SSSR count). The maximum atomic E-state index is 14.8. The van der Waals surface area contributed by atoms with E-state index in [2.05, 4.69) is 0 Å². The van der Waals surface area contributed by atoms with Crippen molar-refractivity contribution in [3.63, 3.8) is 0 Å². The lowest BCUT2D eigenvalue weighted by Crippen LogP contribution is -2.27. The van der Waals surface area contributed by atoms with Gasteiger partial charge in [-0.3, -0.25) is 0 Å². The van der Waals surface area contributed by atoms with Crippen molar-refractivity contribution in [2.24, 2.45) is 0 Å². The molecule has 0 saturated heterocycles. The average molecular weight is 881 g/mol. The molecule has 60 heavy (non-hydrogen) atoms. The number of fused-ring (bicyclic) bond motifs is 8. The number of halogens is 6. The van der Waals surface area contributed by atoms with E-state index in [-0.39, 0.29) is 44.5 Å². The van der Waals surface area contributed by atoms with Gasteiger partial charge >= 0.3 is 11.0 Å². The maximum absolute atomic E-state index is 14.8. The normalized spacial score (nSPS) is 15.0. The van der Waals surface area contributed by atoms with Gasteiger partial charge in [-0.2, -0.15) is 26.3 Å². The molecule has 0 atom stereocenters. The van der Waals surface area contributed by atoms with Crippen LogP contribution in [0.25, 0.3) is 0 Å². The molecule has 2 N–H and O–H groups in total. The fourth-order valence-electron chi connectivity index (χ4n) is 7.57. The Balaban J connectivity index is 2.10. The summed E-state index contributed by atoms with van der Waals surface area (Å²) in [7, 11) is -12.2. The van der Waals surface area contributed by atoms with Gasteiger partial charge in [-0.15, -0.1) is 0 Å². The standard InChI is InChI=1S/C46H54F6O6S2/c1-41(2,3)33-17-25-13-29-21-35(43(7,8)9)23-31(39(29)59(55,56)45(47,48)49)15-27-19-34(42(4,5)6)20-28(38(27)54)16-32-24-36(44(10,11)12)22-30(14-26(18-33)37(25)53)40(32)60(57,58)46(50,51)52/h17-24,53-54H,13-16H2,1-12H3. The zero-order valence-corrected chi connectivity index (χ0v) is 37.7. The van der Waals surface area contributed by atoms with E-state index in [0.717, 1.165) is 0 Å². The summed E-state index contributed by atoms with van der Waals surface area (Å²) in [5.74, 6) is -1.08. The van der Waals surface area contributed by atoms with Gasteiger partial charge in [0.15, 0.2) is 0 Å². The second kappa shape index (κ2) is 14.8. The molecule has 8 bridgehead atoms. The van der Waals surface area contributed by atoms with E-state index in [4.69, 9.17) is 0 Å². The third kappa shape index (κ3) is 8.96. The first kappa shape index (κ1) is 47.0. The van der Waals surface area contributed by atoms with Gasteiger partial charge in [0, 0.05) is 25.7 Å². The zero-order chi connectivity index (χ0) is 45.7. The number of aromatic hydroxyl groups is 2. The summed E-state index contributed by atoms with van der Waals surface area (Å²) in [6, 6.07) is 11.5. The highest BCUT2D eigenvalue weighted by atomic mass is 32.2. The summed E-state index contributed by atoms with van der Waals surface area (Å²) in [5, 5.41) is 24.1. The van der Waals surface area contributed by atoms with Crippen molar-refractivity contribution in [1.82, 2.24) is 0 Å². The predicted octanol–water partition coefficient (Wildman–Crippen LogP) is 11.6. The van der Waals surface area contributed by atoms with Crippen LogP contribution in [0, 0.1) is 0 Å². The van der Waals surface area contributed by atoms with Crippen LogP contribution < -0.4 is 0 Å². The molecule has 0 spiro atoms. The molecule has 0 unspecified atom stereocenters. The number of phenolic OH excluding ortho intramolecular Hbond substituents is 2. The Morgan fingerprint density at radius 1 is 0.367 bits per heavy atom. The highest BCUT2D eigenvalue weighted by Gasteiger charge is 2.51. The smallest absolute Gasteiger partial charge is 0.501 e. The van der Waals surface area contributed by atoms with Gasteiger partial charge in [0.1, 0.15) is 11.5 Å². The number of phenols is 2. The first-order valence-corrected chi connectivity index (χ1v) is 22.5. The Bertz CT molecular complexity index is 2320. The van der Waals surface area contributed by atoms with Gasteiger partial charge in [0.2, 0.25) is 0 Å². The van der Waals surface area contributed by atoms with Crippen molar-refractivity contribution in [3.05, 3.63) is 115 Å². The SMILES string of the molecule is CC(C)(C)c1cc2c(O)c(c1)Cc1cc(C(C)(C)C)cc(c1S(=O)(=O)C(F)(F)F)Cc1cc(C(C)(C)C)cc(c1O)Cc1cc(C(C)(C)C)cc(c1S(=O)(=O)C(F)(F)F)C2. The van der Waals surface area contributed by atoms with Gasteiger partial charge in [-0.25, -0.2) is 16.8 Å². The molecule has 6 nitrogen and oxygen atoms in total. The third-order valence-corrected chi connectivity index (χ3v) is 14.5. The molecule has 0 aliphatic heterocycles. The van der Waals surface area contributed by atoms with E-state index >= 15 is 0 Å². The van der Waals surface area contributed by atoms with E-state index in [1.54, 1.807) is 83.1 Å². The average Bonchev–Trinajstić information content (AvgIpc) is 3.04. The van der Waals surface area contributed by atoms with Crippen molar-refractivity contribution < 1.29 is 53.4 Å². The Morgan fingerprint density at radius 2 is 0.533 bits per heavy atom. The molecule has 0 saturated carbocycles. The van der Waals surface area contributed by atoms with Gasteiger partial charge in [-0.05, 0) is 88.4 Å². The predicted molar refractivity (Wildman–Crippen MR) is 222 cm³/mol. The molecule has 1 aliphatic rings. The number of sulfone groups is 2. The minimum Gasteiger partial charge on any atom is -0.507 e. The Morgan fingerprint density at radius 3 is 0.683 bits per heavy atom. The molecule has 0 radical (unpaired) electrons. The van der Waals surface area contributed by atoms with E-state index in [1.807, 2.05) is 0 Å². The summed E-state index contributed by atoms with van der Waals surface area (Å²) in [6.45, 7) is 21.7. The molecule has 1 aliphatic carbocycles. The summed E-state index contributed by atoms with van der Waals surface area (Å²) in [4.78, 5) is -2.06. The van der Waals surface area contributed by atoms with Crippen LogP contribution in [0.4, 0.5) is 26.3 Å². The molecular weight excluding hydrogens is 827 g/mol. The lowest BCUT2D eigenvalue weighted by atomic mass is 9.79. The minimum absolute atomic E-state index is 0.0209. The van der Waals surface area contributed by atoms with E-state index in [0.29, 0.717) is 22.3 Å². The first-order chi connectivity index (χ1) is 26.9. The molecule has 0 aromatic heterocycles. The topological polar surface area (TPSA) is 109 Å². The Hall–Kier alpha value is -4.04. The van der Waals surface area contributed by atoms with Crippen LogP contribution in [0.1, 0.15) is 150 Å². The second-order valence-electron chi connectivity index (χ2n) is 20.1. The minimum atomic E-state index is -6.10. The molecule has 4 aromatic rings. The van der Waals surface area contributed by atoms with Crippen LogP contribution in [0.2, 0.25) is 0 Å². The van der Waals surface area contributed by atoms with Crippen molar-refractivity contribution in [3.8, 4) is 11.5 Å². The van der Waals surface area contributed by atoms with Crippen molar-refractivity contribution in [2.75, 3.05) is 0 Å². The van der Waals surface area contributed by atoms with E-state index in [9.17, 15) is 53.4 Å². The summed E-state index contributed by atoms with van der Waals surface area (Å²) < 4.78 is 144. The quantitative estimate of drug-likeness (QED) is 0.171. The lowest BCUT2D eigenvalue weighted by molar-refractivity contribution is -0.0442. The van der Waals surface area contributed by atoms with Crippen LogP contribution in [-0.2, 0) is 67.0 Å². The van der Waals surface area contributed by atoms with Gasteiger partial charge in [0.05, 0.1) is 9.79 Å². The number of hydrogen-bond acceptors (Lipinski definition) is 6. The highest BCUT2D eigenvalue weighted by Crippen LogP contribution is 2.45. The molecule has 14 heteroatoms. The maximum Gasteiger partial charge on any atom is 0.501 e. The highest BCUT2D eigenvalue weighted by molar-refractivity contribution is 7.92.